The fourth-order valence-electron chi connectivity index (χ4n) is 1.96. The molecule has 0 heterocycles. The SMILES string of the molecule is CC(=O)NC(CCN)CCC(CCN)NC(C)=O. The molecule has 0 aliphatic rings. The summed E-state index contributed by atoms with van der Waals surface area (Å²) in [6.45, 7) is 4.06. The van der Waals surface area contributed by atoms with E-state index in [-0.39, 0.29) is 23.9 Å². The second-order valence-corrected chi connectivity index (χ2v) is 4.53. The molecule has 0 aromatic carbocycles. The Kier molecular flexibility index (Phi) is 9.22. The van der Waals surface area contributed by atoms with E-state index >= 15 is 0 Å². The first-order valence-corrected chi connectivity index (χ1v) is 6.44. The molecular weight excluding hydrogens is 232 g/mol. The fourth-order valence-corrected chi connectivity index (χ4v) is 1.96. The van der Waals surface area contributed by atoms with E-state index in [1.807, 2.05) is 0 Å². The molecule has 0 fully saturated rings. The third-order valence-corrected chi connectivity index (χ3v) is 2.71. The van der Waals surface area contributed by atoms with Crippen molar-refractivity contribution in [2.75, 3.05) is 13.1 Å². The van der Waals surface area contributed by atoms with Gasteiger partial charge in [0.05, 0.1) is 0 Å². The smallest absolute Gasteiger partial charge is 0.217 e. The minimum Gasteiger partial charge on any atom is -0.354 e. The standard InChI is InChI=1S/C12H26N4O2/c1-9(17)15-11(5-7-13)3-4-12(6-8-14)16-10(2)18/h11-12H,3-8,13-14H2,1-2H3,(H,15,17)(H,16,18). The van der Waals surface area contributed by atoms with E-state index in [1.54, 1.807) is 0 Å². The lowest BCUT2D eigenvalue weighted by Gasteiger charge is -2.22. The molecule has 0 aromatic heterocycles. The molecule has 0 aliphatic heterocycles. The van der Waals surface area contributed by atoms with Crippen LogP contribution in [0.5, 0.6) is 0 Å². The molecule has 0 aliphatic carbocycles. The average molecular weight is 258 g/mol. The van der Waals surface area contributed by atoms with Gasteiger partial charge in [-0.05, 0) is 38.8 Å². The average Bonchev–Trinajstić information content (AvgIpc) is 2.24. The van der Waals surface area contributed by atoms with Gasteiger partial charge in [0.25, 0.3) is 0 Å². The van der Waals surface area contributed by atoms with Gasteiger partial charge in [-0.3, -0.25) is 9.59 Å². The number of hydrogen-bond donors (Lipinski definition) is 4. The minimum absolute atomic E-state index is 0.0525. The fraction of sp³-hybridized carbons (Fsp3) is 0.833. The van der Waals surface area contributed by atoms with Gasteiger partial charge >= 0.3 is 0 Å². The number of hydrogen-bond acceptors (Lipinski definition) is 4. The molecule has 0 rings (SSSR count). The first-order valence-electron chi connectivity index (χ1n) is 6.44. The Hall–Kier alpha value is -1.14. The molecule has 0 saturated heterocycles. The largest absolute Gasteiger partial charge is 0.354 e. The maximum atomic E-state index is 11.0. The van der Waals surface area contributed by atoms with Crippen LogP contribution in [0.25, 0.3) is 0 Å². The van der Waals surface area contributed by atoms with Crippen molar-refractivity contribution in [2.45, 2.75) is 51.6 Å². The Balaban J connectivity index is 4.16. The van der Waals surface area contributed by atoms with Gasteiger partial charge in [0.1, 0.15) is 0 Å². The zero-order valence-corrected chi connectivity index (χ0v) is 11.4. The van der Waals surface area contributed by atoms with E-state index in [0.29, 0.717) is 13.1 Å². The summed E-state index contributed by atoms with van der Waals surface area (Å²) in [5, 5.41) is 5.74. The van der Waals surface area contributed by atoms with E-state index in [9.17, 15) is 9.59 Å². The molecule has 0 bridgehead atoms. The number of carbonyl (C=O) groups is 2. The zero-order chi connectivity index (χ0) is 14.0. The highest BCUT2D eigenvalue weighted by Crippen LogP contribution is 2.07. The summed E-state index contributed by atoms with van der Waals surface area (Å²) in [4.78, 5) is 22.1. The van der Waals surface area contributed by atoms with Gasteiger partial charge in [0.15, 0.2) is 0 Å². The van der Waals surface area contributed by atoms with E-state index in [1.165, 1.54) is 13.8 Å². The topological polar surface area (TPSA) is 110 Å². The number of nitrogens with one attached hydrogen (secondary N) is 2. The van der Waals surface area contributed by atoms with Gasteiger partial charge in [-0.15, -0.1) is 0 Å². The molecule has 2 amide bonds. The number of amides is 2. The lowest BCUT2D eigenvalue weighted by molar-refractivity contribution is -0.121. The Labute approximate surface area is 109 Å². The summed E-state index contributed by atoms with van der Waals surface area (Å²) in [6.07, 6.45) is 3.08. The van der Waals surface area contributed by atoms with Crippen molar-refractivity contribution >= 4 is 11.8 Å². The first kappa shape index (κ1) is 16.9. The summed E-state index contributed by atoms with van der Waals surface area (Å²) in [7, 11) is 0. The molecule has 0 saturated carbocycles. The number of rotatable bonds is 9. The molecule has 6 heteroatoms. The zero-order valence-electron chi connectivity index (χ0n) is 11.4. The molecule has 18 heavy (non-hydrogen) atoms. The Morgan fingerprint density at radius 2 is 1.17 bits per heavy atom. The summed E-state index contributed by atoms with van der Waals surface area (Å²) < 4.78 is 0. The molecule has 106 valence electrons. The van der Waals surface area contributed by atoms with Crippen LogP contribution in [0.1, 0.15) is 39.5 Å². The molecule has 6 nitrogen and oxygen atoms in total. The quantitative estimate of drug-likeness (QED) is 0.446. The van der Waals surface area contributed by atoms with E-state index in [4.69, 9.17) is 11.5 Å². The maximum absolute atomic E-state index is 11.0. The normalized spacial score (nSPS) is 13.8. The van der Waals surface area contributed by atoms with Crippen molar-refractivity contribution in [2.24, 2.45) is 11.5 Å². The Bertz CT molecular complexity index is 232. The maximum Gasteiger partial charge on any atom is 0.217 e. The van der Waals surface area contributed by atoms with Crippen LogP contribution in [-0.4, -0.2) is 37.0 Å². The lowest BCUT2D eigenvalue weighted by Crippen LogP contribution is -2.39. The predicted octanol–water partition coefficient (Wildman–Crippen LogP) is -0.526. The highest BCUT2D eigenvalue weighted by molar-refractivity contribution is 5.73. The van der Waals surface area contributed by atoms with Crippen LogP contribution in [0.3, 0.4) is 0 Å². The third-order valence-electron chi connectivity index (χ3n) is 2.71. The summed E-state index contributed by atoms with van der Waals surface area (Å²) in [6, 6.07) is 0.142. The van der Waals surface area contributed by atoms with Gasteiger partial charge in [-0.1, -0.05) is 0 Å². The summed E-state index contributed by atoms with van der Waals surface area (Å²) in [5.74, 6) is -0.105. The van der Waals surface area contributed by atoms with Crippen molar-refractivity contribution in [1.82, 2.24) is 10.6 Å². The number of carbonyl (C=O) groups excluding carboxylic acids is 2. The van der Waals surface area contributed by atoms with Gasteiger partial charge in [-0.2, -0.15) is 0 Å². The lowest BCUT2D eigenvalue weighted by atomic mass is 10.0. The highest BCUT2D eigenvalue weighted by atomic mass is 16.2. The second kappa shape index (κ2) is 9.85. The summed E-state index contributed by atoms with van der Waals surface area (Å²) >= 11 is 0. The molecule has 6 N–H and O–H groups in total. The molecule has 0 spiro atoms. The predicted molar refractivity (Wildman–Crippen MR) is 71.8 cm³/mol. The van der Waals surface area contributed by atoms with Crippen LogP contribution in [-0.2, 0) is 9.59 Å². The van der Waals surface area contributed by atoms with Crippen LogP contribution in [0, 0.1) is 0 Å². The third kappa shape index (κ3) is 8.95. The van der Waals surface area contributed by atoms with Gasteiger partial charge < -0.3 is 22.1 Å². The molecule has 0 radical (unpaired) electrons. The van der Waals surface area contributed by atoms with Crippen molar-refractivity contribution in [1.29, 1.82) is 0 Å². The van der Waals surface area contributed by atoms with Crippen molar-refractivity contribution < 1.29 is 9.59 Å². The van der Waals surface area contributed by atoms with E-state index in [2.05, 4.69) is 10.6 Å². The Morgan fingerprint density at radius 1 is 0.833 bits per heavy atom. The van der Waals surface area contributed by atoms with Crippen molar-refractivity contribution in [3.8, 4) is 0 Å². The molecule has 0 aromatic rings. The highest BCUT2D eigenvalue weighted by Gasteiger charge is 2.14. The second-order valence-electron chi connectivity index (χ2n) is 4.53. The van der Waals surface area contributed by atoms with Gasteiger partial charge in [0.2, 0.25) is 11.8 Å². The van der Waals surface area contributed by atoms with Gasteiger partial charge in [-0.25, -0.2) is 0 Å². The van der Waals surface area contributed by atoms with E-state index in [0.717, 1.165) is 25.7 Å². The molecule has 2 unspecified atom stereocenters. The number of nitrogens with two attached hydrogens (primary N) is 2. The Morgan fingerprint density at radius 3 is 1.39 bits per heavy atom. The van der Waals surface area contributed by atoms with Crippen LogP contribution >= 0.6 is 0 Å². The van der Waals surface area contributed by atoms with Crippen LogP contribution < -0.4 is 22.1 Å². The van der Waals surface area contributed by atoms with E-state index < -0.39 is 0 Å². The molecular formula is C12H26N4O2. The van der Waals surface area contributed by atoms with Crippen molar-refractivity contribution in [3.05, 3.63) is 0 Å². The monoisotopic (exact) mass is 258 g/mol. The molecule has 2 atom stereocenters. The van der Waals surface area contributed by atoms with Crippen LogP contribution in [0.4, 0.5) is 0 Å². The van der Waals surface area contributed by atoms with Crippen LogP contribution in [0.15, 0.2) is 0 Å². The van der Waals surface area contributed by atoms with Gasteiger partial charge in [0, 0.05) is 25.9 Å². The minimum atomic E-state index is -0.0525. The summed E-state index contributed by atoms with van der Waals surface area (Å²) in [5.41, 5.74) is 11.0. The van der Waals surface area contributed by atoms with Crippen LogP contribution in [0.2, 0.25) is 0 Å². The first-order chi connectivity index (χ1) is 8.49. The van der Waals surface area contributed by atoms with Crippen molar-refractivity contribution in [3.63, 3.8) is 0 Å².